The van der Waals surface area contributed by atoms with E-state index in [1.165, 1.54) is 77.2 Å². The molecule has 7 aromatic rings. The molecule has 0 spiro atoms. The van der Waals surface area contributed by atoms with E-state index in [1.54, 1.807) is 0 Å². The Morgan fingerprint density at radius 3 is 1.88 bits per heavy atom. The average Bonchev–Trinajstić information content (AvgIpc) is 3.08. The van der Waals surface area contributed by atoms with Gasteiger partial charge >= 0.3 is 0 Å². The van der Waals surface area contributed by atoms with Crippen molar-refractivity contribution < 1.29 is 0 Å². The van der Waals surface area contributed by atoms with Crippen molar-refractivity contribution in [2.75, 3.05) is 0 Å². The van der Waals surface area contributed by atoms with Gasteiger partial charge in [0.2, 0.25) is 0 Å². The minimum absolute atomic E-state index is 1.06. The first-order valence-electron chi connectivity index (χ1n) is 14.9. The topological polar surface area (TPSA) is 0 Å². The molecule has 204 valence electrons. The lowest BCUT2D eigenvalue weighted by atomic mass is 9.85. The van der Waals surface area contributed by atoms with Gasteiger partial charge in [-0.25, -0.2) is 0 Å². The van der Waals surface area contributed by atoms with Gasteiger partial charge in [0.05, 0.1) is 0 Å². The average molecular weight is 614 g/mol. The van der Waals surface area contributed by atoms with Crippen LogP contribution in [0, 0.1) is 0 Å². The summed E-state index contributed by atoms with van der Waals surface area (Å²) in [5.41, 5.74) is 13.0. The molecule has 8 rings (SSSR count). The highest BCUT2D eigenvalue weighted by atomic mass is 79.9. The Kier molecular flexibility index (Phi) is 6.54. The van der Waals surface area contributed by atoms with Crippen molar-refractivity contribution in [2.45, 2.75) is 12.8 Å². The fourth-order valence-corrected chi connectivity index (χ4v) is 7.08. The molecule has 1 heteroatoms. The van der Waals surface area contributed by atoms with E-state index in [0.29, 0.717) is 0 Å². The van der Waals surface area contributed by atoms with Crippen molar-refractivity contribution in [1.29, 1.82) is 0 Å². The molecule has 0 bridgehead atoms. The largest absolute Gasteiger partial charge is 0.0622 e. The van der Waals surface area contributed by atoms with Crippen LogP contribution in [0.5, 0.6) is 0 Å². The fraction of sp³-hybridized carbons (Fsp3) is 0.0476. The zero-order valence-corrected chi connectivity index (χ0v) is 25.3. The second kappa shape index (κ2) is 10.8. The molecule has 0 N–H and O–H groups in total. The lowest BCUT2D eigenvalue weighted by molar-refractivity contribution is 1.00. The zero-order valence-electron chi connectivity index (χ0n) is 23.7. The molecule has 1 aliphatic rings. The highest BCUT2D eigenvalue weighted by Crippen LogP contribution is 2.42. The summed E-state index contributed by atoms with van der Waals surface area (Å²) in [5.74, 6) is 0. The summed E-state index contributed by atoms with van der Waals surface area (Å²) in [6, 6.07) is 53.2. The van der Waals surface area contributed by atoms with Crippen LogP contribution in [0.25, 0.3) is 66.6 Å². The van der Waals surface area contributed by atoms with Crippen LogP contribution < -0.4 is 0 Å². The van der Waals surface area contributed by atoms with Crippen molar-refractivity contribution in [3.8, 4) is 33.4 Å². The van der Waals surface area contributed by atoms with Crippen molar-refractivity contribution >= 4 is 49.1 Å². The summed E-state index contributed by atoms with van der Waals surface area (Å²) in [6.45, 7) is 0. The van der Waals surface area contributed by atoms with Crippen LogP contribution in [0.15, 0.2) is 150 Å². The Balaban J connectivity index is 1.23. The van der Waals surface area contributed by atoms with Gasteiger partial charge in [-0.1, -0.05) is 149 Å². The van der Waals surface area contributed by atoms with E-state index in [1.807, 2.05) is 0 Å². The van der Waals surface area contributed by atoms with E-state index in [9.17, 15) is 0 Å². The molecule has 7 aromatic carbocycles. The number of halogens is 1. The summed E-state index contributed by atoms with van der Waals surface area (Å²) < 4.78 is 1.12. The van der Waals surface area contributed by atoms with Crippen LogP contribution in [-0.4, -0.2) is 0 Å². The highest BCUT2D eigenvalue weighted by Gasteiger charge is 2.16. The minimum atomic E-state index is 1.06. The molecule has 1 aliphatic carbocycles. The minimum Gasteiger partial charge on any atom is -0.0622 e. The SMILES string of the molecule is Brc1ccc(-c2ccc3c(c2)CCC(c2ccccc2)=C3)c2c(-c3ccc4cc(-c5ccccc5)ccc4c3)cccc12. The molecule has 43 heavy (non-hydrogen) atoms. The molecule has 0 heterocycles. The van der Waals surface area contributed by atoms with Crippen molar-refractivity contribution in [1.82, 2.24) is 0 Å². The number of hydrogen-bond acceptors (Lipinski definition) is 0. The number of benzene rings is 7. The van der Waals surface area contributed by atoms with E-state index in [-0.39, 0.29) is 0 Å². The standard InChI is InChI=1S/C42H29Br/c43-41-23-22-39(37-21-19-33-25-31(15-17-35(33)27-37)29-10-5-2-6-11-29)42-38(12-7-13-40(41)42)36-20-18-32-24-30(14-16-34(32)26-36)28-8-3-1-4-9-28/h1-14,16,18-27H,15,17H2. The third-order valence-electron chi connectivity index (χ3n) is 8.84. The van der Waals surface area contributed by atoms with Crippen LogP contribution in [0.1, 0.15) is 23.1 Å². The number of fused-ring (bicyclic) bond motifs is 3. The molecule has 0 saturated carbocycles. The molecule has 0 fully saturated rings. The number of hydrogen-bond donors (Lipinski definition) is 0. The summed E-state index contributed by atoms with van der Waals surface area (Å²) >= 11 is 3.86. The highest BCUT2D eigenvalue weighted by molar-refractivity contribution is 9.10. The Bertz CT molecular complexity index is 2170. The van der Waals surface area contributed by atoms with Crippen LogP contribution >= 0.6 is 15.9 Å². The van der Waals surface area contributed by atoms with Crippen LogP contribution in [0.3, 0.4) is 0 Å². The molecule has 0 atom stereocenters. The second-order valence-corrected chi connectivity index (χ2v) is 12.3. The Hall–Kier alpha value is -4.72. The maximum absolute atomic E-state index is 3.86. The summed E-state index contributed by atoms with van der Waals surface area (Å²) in [4.78, 5) is 0. The molecule has 0 amide bonds. The van der Waals surface area contributed by atoms with Crippen molar-refractivity contribution in [2.24, 2.45) is 0 Å². The van der Waals surface area contributed by atoms with Crippen molar-refractivity contribution in [3.63, 3.8) is 0 Å². The Morgan fingerprint density at radius 1 is 0.442 bits per heavy atom. The molecule has 0 aliphatic heterocycles. The molecular weight excluding hydrogens is 584 g/mol. The zero-order chi connectivity index (χ0) is 28.8. The van der Waals surface area contributed by atoms with Gasteiger partial charge in [0.15, 0.2) is 0 Å². The van der Waals surface area contributed by atoms with Crippen LogP contribution in [-0.2, 0) is 6.42 Å². The van der Waals surface area contributed by atoms with Gasteiger partial charge in [-0.3, -0.25) is 0 Å². The van der Waals surface area contributed by atoms with Crippen LogP contribution in [0.2, 0.25) is 0 Å². The van der Waals surface area contributed by atoms with Gasteiger partial charge in [-0.15, -0.1) is 0 Å². The molecule has 0 unspecified atom stereocenters. The number of allylic oxidation sites excluding steroid dienone is 1. The molecule has 0 radical (unpaired) electrons. The summed E-state index contributed by atoms with van der Waals surface area (Å²) in [5, 5.41) is 5.02. The smallest absolute Gasteiger partial charge is 0.0254 e. The summed E-state index contributed by atoms with van der Waals surface area (Å²) in [6.07, 6.45) is 4.50. The second-order valence-electron chi connectivity index (χ2n) is 11.4. The Morgan fingerprint density at radius 2 is 1.09 bits per heavy atom. The van der Waals surface area contributed by atoms with Gasteiger partial charge in [0.1, 0.15) is 0 Å². The first-order chi connectivity index (χ1) is 21.2. The fourth-order valence-electron chi connectivity index (χ4n) is 6.62. The first kappa shape index (κ1) is 25.9. The van der Waals surface area contributed by atoms with E-state index in [0.717, 1.165) is 17.3 Å². The lowest BCUT2D eigenvalue weighted by Crippen LogP contribution is -1.99. The van der Waals surface area contributed by atoms with Gasteiger partial charge in [0, 0.05) is 4.47 Å². The number of rotatable bonds is 4. The van der Waals surface area contributed by atoms with Crippen LogP contribution in [0.4, 0.5) is 0 Å². The summed E-state index contributed by atoms with van der Waals surface area (Å²) in [7, 11) is 0. The van der Waals surface area contributed by atoms with Crippen molar-refractivity contribution in [3.05, 3.63) is 167 Å². The third kappa shape index (κ3) is 4.80. The van der Waals surface area contributed by atoms with E-state index >= 15 is 0 Å². The molecule has 0 saturated heterocycles. The third-order valence-corrected chi connectivity index (χ3v) is 9.53. The molecule has 0 aromatic heterocycles. The molecule has 0 nitrogen and oxygen atoms in total. The van der Waals surface area contributed by atoms with E-state index in [2.05, 4.69) is 168 Å². The predicted molar refractivity (Wildman–Crippen MR) is 188 cm³/mol. The van der Waals surface area contributed by atoms with E-state index in [4.69, 9.17) is 0 Å². The maximum Gasteiger partial charge on any atom is 0.0254 e. The lowest BCUT2D eigenvalue weighted by Gasteiger charge is -2.19. The van der Waals surface area contributed by atoms with Gasteiger partial charge < -0.3 is 0 Å². The van der Waals surface area contributed by atoms with Gasteiger partial charge in [-0.05, 0) is 108 Å². The molecular formula is C42H29Br. The Labute approximate surface area is 261 Å². The monoisotopic (exact) mass is 612 g/mol. The normalized spacial score (nSPS) is 12.7. The predicted octanol–water partition coefficient (Wildman–Crippen LogP) is 12.2. The van der Waals surface area contributed by atoms with Gasteiger partial charge in [-0.2, -0.15) is 0 Å². The maximum atomic E-state index is 3.86. The quantitative estimate of drug-likeness (QED) is 0.185. The van der Waals surface area contributed by atoms with Gasteiger partial charge in [0.25, 0.3) is 0 Å². The van der Waals surface area contributed by atoms with E-state index < -0.39 is 0 Å². The number of aryl methyl sites for hydroxylation is 1. The first-order valence-corrected chi connectivity index (χ1v) is 15.7.